The van der Waals surface area contributed by atoms with E-state index >= 15 is 0 Å². The fourth-order valence-corrected chi connectivity index (χ4v) is 5.97. The van der Waals surface area contributed by atoms with Gasteiger partial charge in [0.15, 0.2) is 5.41 Å². The molecule has 0 aromatic heterocycles. The van der Waals surface area contributed by atoms with E-state index in [-0.39, 0.29) is 12.2 Å². The second-order valence-corrected chi connectivity index (χ2v) is 8.93. The molecule has 0 bridgehead atoms. The van der Waals surface area contributed by atoms with E-state index in [2.05, 4.69) is 5.32 Å². The number of ether oxygens (including phenoxy) is 1. The molecule has 1 spiro atoms. The minimum absolute atomic E-state index is 0.0341. The number of urea groups is 1. The van der Waals surface area contributed by atoms with E-state index in [0.717, 1.165) is 10.7 Å². The molecule has 7 nitrogen and oxygen atoms in total. The Morgan fingerprint density at radius 3 is 2.68 bits per heavy atom. The van der Waals surface area contributed by atoms with Crippen molar-refractivity contribution in [3.05, 3.63) is 53.8 Å². The number of barbiturate groups is 1. The molecule has 2 aromatic carbocycles. The zero-order chi connectivity index (χ0) is 21.8. The zero-order valence-electron chi connectivity index (χ0n) is 16.8. The molecular formula is C22H20FN3O4S. The molecule has 2 fully saturated rings. The highest BCUT2D eigenvalue weighted by Crippen LogP contribution is 2.48. The number of amides is 4. The third-order valence-corrected chi connectivity index (χ3v) is 7.29. The van der Waals surface area contributed by atoms with Gasteiger partial charge in [0.1, 0.15) is 11.6 Å². The van der Waals surface area contributed by atoms with E-state index in [1.807, 2.05) is 4.90 Å². The lowest BCUT2D eigenvalue weighted by molar-refractivity contribution is -0.144. The molecule has 3 heterocycles. The number of para-hydroxylation sites is 1. The van der Waals surface area contributed by atoms with Crippen molar-refractivity contribution < 1.29 is 23.5 Å². The van der Waals surface area contributed by atoms with Crippen molar-refractivity contribution in [3.8, 4) is 5.75 Å². The number of halogens is 1. The van der Waals surface area contributed by atoms with Gasteiger partial charge in [-0.2, -0.15) is 11.8 Å². The van der Waals surface area contributed by atoms with Gasteiger partial charge in [0.2, 0.25) is 5.91 Å². The van der Waals surface area contributed by atoms with Gasteiger partial charge < -0.3 is 9.64 Å². The van der Waals surface area contributed by atoms with Crippen LogP contribution < -0.4 is 19.9 Å². The Labute approximate surface area is 182 Å². The number of rotatable bonds is 2. The number of nitrogens with one attached hydrogen (secondary N) is 1. The molecule has 4 amide bonds. The van der Waals surface area contributed by atoms with Crippen molar-refractivity contribution in [2.45, 2.75) is 12.5 Å². The minimum atomic E-state index is -1.53. The molecule has 2 saturated heterocycles. The van der Waals surface area contributed by atoms with E-state index < -0.39 is 29.3 Å². The number of nitrogens with zero attached hydrogens (tertiary/aromatic N) is 2. The average molecular weight is 441 g/mol. The summed E-state index contributed by atoms with van der Waals surface area (Å²) < 4.78 is 19.9. The number of methoxy groups -OCH3 is 1. The standard InChI is InChI=1S/C22H20FN3O4S/c1-30-15-7-5-14(6-8-15)26-20(28)22(19(27)24-21(26)29)11-13-3-2-4-16(23)18(13)25-9-10-31-12-17(22)25/h2-8,17H,9-12H2,1H3,(H,24,27,29)/t17-,22-/m1/s1. The summed E-state index contributed by atoms with van der Waals surface area (Å²) in [5.74, 6) is 0.250. The highest BCUT2D eigenvalue weighted by atomic mass is 32.2. The quantitative estimate of drug-likeness (QED) is 0.722. The largest absolute Gasteiger partial charge is 0.497 e. The Balaban J connectivity index is 1.64. The van der Waals surface area contributed by atoms with E-state index in [1.165, 1.54) is 13.2 Å². The average Bonchev–Trinajstić information content (AvgIpc) is 2.78. The second kappa shape index (κ2) is 7.26. The summed E-state index contributed by atoms with van der Waals surface area (Å²) in [4.78, 5) is 42.8. The zero-order valence-corrected chi connectivity index (χ0v) is 17.6. The number of carbonyl (C=O) groups is 3. The summed E-state index contributed by atoms with van der Waals surface area (Å²) in [7, 11) is 1.52. The predicted molar refractivity (Wildman–Crippen MR) is 115 cm³/mol. The lowest BCUT2D eigenvalue weighted by atomic mass is 9.68. The van der Waals surface area contributed by atoms with Crippen molar-refractivity contribution in [3.63, 3.8) is 0 Å². The molecule has 0 aliphatic carbocycles. The van der Waals surface area contributed by atoms with Crippen LogP contribution in [0.4, 0.5) is 20.6 Å². The van der Waals surface area contributed by atoms with Gasteiger partial charge in [-0.3, -0.25) is 14.9 Å². The molecule has 5 rings (SSSR count). The fourth-order valence-electron chi connectivity index (χ4n) is 4.79. The first-order valence-electron chi connectivity index (χ1n) is 9.93. The highest BCUT2D eigenvalue weighted by Gasteiger charge is 2.62. The van der Waals surface area contributed by atoms with Gasteiger partial charge in [-0.25, -0.2) is 14.1 Å². The second-order valence-electron chi connectivity index (χ2n) is 7.78. The Kier molecular flexibility index (Phi) is 4.65. The van der Waals surface area contributed by atoms with Gasteiger partial charge in [-0.05, 0) is 42.3 Å². The summed E-state index contributed by atoms with van der Waals surface area (Å²) in [6.45, 7) is 0.516. The van der Waals surface area contributed by atoms with E-state index in [1.54, 1.807) is 48.2 Å². The van der Waals surface area contributed by atoms with Crippen LogP contribution in [-0.2, 0) is 16.0 Å². The third kappa shape index (κ3) is 2.83. The van der Waals surface area contributed by atoms with Crippen LogP contribution in [0.15, 0.2) is 42.5 Å². The first kappa shape index (κ1) is 19.9. The highest BCUT2D eigenvalue weighted by molar-refractivity contribution is 7.99. The van der Waals surface area contributed by atoms with Crippen LogP contribution >= 0.6 is 11.8 Å². The molecule has 0 radical (unpaired) electrons. The molecule has 3 aliphatic heterocycles. The fraction of sp³-hybridized carbons (Fsp3) is 0.318. The SMILES string of the molecule is COc1ccc(N2C(=O)NC(=O)[C@]3(Cc4cccc(F)c4N4CCSC[C@@H]43)C2=O)cc1. The van der Waals surface area contributed by atoms with Crippen LogP contribution in [0.2, 0.25) is 0 Å². The molecule has 3 aliphatic rings. The molecule has 160 valence electrons. The van der Waals surface area contributed by atoms with Crippen LogP contribution in [0.5, 0.6) is 5.75 Å². The number of thioether (sulfide) groups is 1. The normalized spacial score (nSPS) is 25.2. The first-order chi connectivity index (χ1) is 15.0. The van der Waals surface area contributed by atoms with Crippen molar-refractivity contribution >= 4 is 41.0 Å². The molecule has 2 aromatic rings. The van der Waals surface area contributed by atoms with Crippen molar-refractivity contribution in [2.75, 3.05) is 35.0 Å². The Morgan fingerprint density at radius 1 is 1.16 bits per heavy atom. The number of imide groups is 2. The topological polar surface area (TPSA) is 79.0 Å². The Hall–Kier alpha value is -3.07. The monoisotopic (exact) mass is 441 g/mol. The van der Waals surface area contributed by atoms with E-state index in [0.29, 0.717) is 35.0 Å². The molecule has 31 heavy (non-hydrogen) atoms. The van der Waals surface area contributed by atoms with Crippen LogP contribution in [0.25, 0.3) is 0 Å². The first-order valence-corrected chi connectivity index (χ1v) is 11.1. The summed E-state index contributed by atoms with van der Waals surface area (Å²) in [5, 5.41) is 2.39. The van der Waals surface area contributed by atoms with Gasteiger partial charge in [0.25, 0.3) is 5.91 Å². The molecule has 9 heteroatoms. The number of hydrogen-bond donors (Lipinski definition) is 1. The van der Waals surface area contributed by atoms with Gasteiger partial charge >= 0.3 is 6.03 Å². The number of fused-ring (bicyclic) bond motifs is 4. The molecule has 2 atom stereocenters. The van der Waals surface area contributed by atoms with Gasteiger partial charge in [-0.1, -0.05) is 12.1 Å². The maximum absolute atomic E-state index is 14.8. The van der Waals surface area contributed by atoms with E-state index in [9.17, 15) is 18.8 Å². The summed E-state index contributed by atoms with van der Waals surface area (Å²) in [6.07, 6.45) is 0.0341. The molecule has 0 saturated carbocycles. The smallest absolute Gasteiger partial charge is 0.335 e. The minimum Gasteiger partial charge on any atom is -0.497 e. The van der Waals surface area contributed by atoms with Crippen LogP contribution in [-0.4, -0.2) is 49.0 Å². The number of carbonyl (C=O) groups excluding carboxylic acids is 3. The number of hydrogen-bond acceptors (Lipinski definition) is 6. The molecule has 1 N–H and O–H groups in total. The number of benzene rings is 2. The van der Waals surface area contributed by atoms with E-state index in [4.69, 9.17) is 4.74 Å². The lowest BCUT2D eigenvalue weighted by Crippen LogP contribution is -2.73. The Morgan fingerprint density at radius 2 is 1.94 bits per heavy atom. The predicted octanol–water partition coefficient (Wildman–Crippen LogP) is 2.58. The van der Waals surface area contributed by atoms with Gasteiger partial charge in [0.05, 0.1) is 24.5 Å². The summed E-state index contributed by atoms with van der Waals surface area (Å²) in [5.41, 5.74) is -0.139. The van der Waals surface area contributed by atoms with Crippen molar-refractivity contribution in [1.29, 1.82) is 0 Å². The summed E-state index contributed by atoms with van der Waals surface area (Å²) >= 11 is 1.62. The number of anilines is 2. The van der Waals surface area contributed by atoms with Crippen LogP contribution in [0.3, 0.4) is 0 Å². The van der Waals surface area contributed by atoms with Gasteiger partial charge in [-0.15, -0.1) is 0 Å². The van der Waals surface area contributed by atoms with Gasteiger partial charge in [0, 0.05) is 18.1 Å². The maximum atomic E-state index is 14.8. The third-order valence-electron chi connectivity index (χ3n) is 6.27. The van der Waals surface area contributed by atoms with Crippen molar-refractivity contribution in [2.24, 2.45) is 5.41 Å². The maximum Gasteiger partial charge on any atom is 0.335 e. The lowest BCUT2D eigenvalue weighted by Gasteiger charge is -2.53. The molecular weight excluding hydrogens is 421 g/mol. The molecule has 0 unspecified atom stereocenters. The van der Waals surface area contributed by atoms with Crippen LogP contribution in [0.1, 0.15) is 5.56 Å². The van der Waals surface area contributed by atoms with Crippen molar-refractivity contribution in [1.82, 2.24) is 5.32 Å². The Bertz CT molecular complexity index is 1090. The van der Waals surface area contributed by atoms with Crippen LogP contribution in [0, 0.1) is 11.2 Å². The summed E-state index contributed by atoms with van der Waals surface area (Å²) in [6, 6.07) is 9.87.